The molecule has 0 fully saturated rings. The molecule has 0 bridgehead atoms. The van der Waals surface area contributed by atoms with Crippen molar-refractivity contribution >= 4 is 11.6 Å². The maximum absolute atomic E-state index is 13.0. The monoisotopic (exact) mass is 349 g/mol. The molecule has 0 saturated heterocycles. The molecule has 2 aromatic carbocycles. The van der Waals surface area contributed by atoms with E-state index in [-0.39, 0.29) is 5.82 Å². The molecule has 2 aromatic rings. The van der Waals surface area contributed by atoms with Gasteiger partial charge in [-0.25, -0.2) is 4.39 Å². The largest absolute Gasteiger partial charge is 0.489 e. The molecule has 0 aliphatic heterocycles. The fourth-order valence-corrected chi connectivity index (χ4v) is 2.68. The first-order chi connectivity index (χ1) is 11.7. The zero-order valence-corrected chi connectivity index (χ0v) is 14.9. The minimum Gasteiger partial charge on any atom is -0.489 e. The van der Waals surface area contributed by atoms with E-state index in [2.05, 4.69) is 18.3 Å². The van der Waals surface area contributed by atoms with E-state index in [9.17, 15) is 4.39 Å². The van der Waals surface area contributed by atoms with Crippen LogP contribution in [0.3, 0.4) is 0 Å². The van der Waals surface area contributed by atoms with E-state index >= 15 is 0 Å². The van der Waals surface area contributed by atoms with Crippen molar-refractivity contribution in [2.24, 2.45) is 0 Å². The van der Waals surface area contributed by atoms with Gasteiger partial charge >= 0.3 is 0 Å². The van der Waals surface area contributed by atoms with Crippen molar-refractivity contribution < 1.29 is 9.13 Å². The molecule has 0 aromatic heterocycles. The Labute approximate surface area is 149 Å². The van der Waals surface area contributed by atoms with Gasteiger partial charge in [-0.15, -0.1) is 0 Å². The zero-order valence-electron chi connectivity index (χ0n) is 14.2. The summed E-state index contributed by atoms with van der Waals surface area (Å²) in [5.74, 6) is 0.455. The van der Waals surface area contributed by atoms with Gasteiger partial charge in [-0.05, 0) is 42.8 Å². The van der Waals surface area contributed by atoms with E-state index in [1.54, 1.807) is 6.07 Å². The third kappa shape index (κ3) is 6.50. The maximum atomic E-state index is 13.0. The van der Waals surface area contributed by atoms with Gasteiger partial charge in [-0.2, -0.15) is 0 Å². The highest BCUT2D eigenvalue weighted by molar-refractivity contribution is 6.31. The lowest BCUT2D eigenvalue weighted by Crippen LogP contribution is -2.14. The SMILES string of the molecule is CCCCCCNCc1cccc(OCc2ccc(F)cc2Cl)c1. The van der Waals surface area contributed by atoms with Crippen LogP contribution in [0.1, 0.15) is 43.7 Å². The summed E-state index contributed by atoms with van der Waals surface area (Å²) < 4.78 is 18.8. The molecule has 4 heteroatoms. The number of unbranched alkanes of at least 4 members (excludes halogenated alkanes) is 3. The van der Waals surface area contributed by atoms with Crippen LogP contribution in [0.15, 0.2) is 42.5 Å². The Morgan fingerprint density at radius 2 is 1.96 bits per heavy atom. The zero-order chi connectivity index (χ0) is 17.2. The van der Waals surface area contributed by atoms with E-state index in [1.165, 1.54) is 43.4 Å². The van der Waals surface area contributed by atoms with Gasteiger partial charge in [0.25, 0.3) is 0 Å². The van der Waals surface area contributed by atoms with E-state index in [0.29, 0.717) is 11.6 Å². The normalized spacial score (nSPS) is 10.8. The van der Waals surface area contributed by atoms with Crippen molar-refractivity contribution in [3.8, 4) is 5.75 Å². The molecule has 1 N–H and O–H groups in total. The van der Waals surface area contributed by atoms with Crippen LogP contribution in [0.5, 0.6) is 5.75 Å². The van der Waals surface area contributed by atoms with Gasteiger partial charge < -0.3 is 10.1 Å². The van der Waals surface area contributed by atoms with Gasteiger partial charge in [0.15, 0.2) is 0 Å². The average Bonchev–Trinajstić information content (AvgIpc) is 2.58. The summed E-state index contributed by atoms with van der Waals surface area (Å²) in [6, 6.07) is 12.4. The first-order valence-corrected chi connectivity index (χ1v) is 8.93. The Morgan fingerprint density at radius 3 is 2.75 bits per heavy atom. The highest BCUT2D eigenvalue weighted by Gasteiger charge is 2.04. The topological polar surface area (TPSA) is 21.3 Å². The third-order valence-corrected chi connectivity index (χ3v) is 4.20. The number of hydrogen-bond donors (Lipinski definition) is 1. The molecule has 0 aliphatic rings. The van der Waals surface area contributed by atoms with Crippen LogP contribution in [0.25, 0.3) is 0 Å². The number of ether oxygens (including phenoxy) is 1. The predicted octanol–water partition coefficient (Wildman–Crippen LogP) is 5.73. The van der Waals surface area contributed by atoms with Gasteiger partial charge in [-0.3, -0.25) is 0 Å². The Kier molecular flexibility index (Phi) is 8.06. The summed E-state index contributed by atoms with van der Waals surface area (Å²) >= 11 is 6.02. The van der Waals surface area contributed by atoms with Crippen LogP contribution >= 0.6 is 11.6 Å². The Hall–Kier alpha value is -1.58. The molecule has 0 unspecified atom stereocenters. The summed E-state index contributed by atoms with van der Waals surface area (Å²) in [6.45, 7) is 4.42. The van der Waals surface area contributed by atoms with Crippen molar-refractivity contribution in [1.82, 2.24) is 5.32 Å². The summed E-state index contributed by atoms with van der Waals surface area (Å²) in [5, 5.41) is 3.85. The second kappa shape index (κ2) is 10.3. The Morgan fingerprint density at radius 1 is 1.08 bits per heavy atom. The van der Waals surface area contributed by atoms with Crippen molar-refractivity contribution in [3.05, 3.63) is 64.4 Å². The summed E-state index contributed by atoms with van der Waals surface area (Å²) in [7, 11) is 0. The standard InChI is InChI=1S/C20H25ClFNO/c1-2-3-4-5-11-23-14-16-7-6-8-19(12-16)24-15-17-9-10-18(22)13-20(17)21/h6-10,12-13,23H,2-5,11,14-15H2,1H3. The van der Waals surface area contributed by atoms with Gasteiger partial charge in [0.1, 0.15) is 18.2 Å². The van der Waals surface area contributed by atoms with Crippen LogP contribution in [0.2, 0.25) is 5.02 Å². The van der Waals surface area contributed by atoms with E-state index in [0.717, 1.165) is 24.4 Å². The number of benzene rings is 2. The maximum Gasteiger partial charge on any atom is 0.124 e. The second-order valence-corrected chi connectivity index (χ2v) is 6.32. The van der Waals surface area contributed by atoms with Crippen LogP contribution in [-0.2, 0) is 13.2 Å². The fourth-order valence-electron chi connectivity index (χ4n) is 2.45. The number of hydrogen-bond acceptors (Lipinski definition) is 2. The average molecular weight is 350 g/mol. The van der Waals surface area contributed by atoms with Crippen molar-refractivity contribution in [2.45, 2.75) is 45.8 Å². The van der Waals surface area contributed by atoms with Crippen molar-refractivity contribution in [2.75, 3.05) is 6.54 Å². The predicted molar refractivity (Wildman–Crippen MR) is 98.0 cm³/mol. The molecule has 0 radical (unpaired) electrons. The lowest BCUT2D eigenvalue weighted by atomic mass is 10.2. The van der Waals surface area contributed by atoms with E-state index in [4.69, 9.17) is 16.3 Å². The second-order valence-electron chi connectivity index (χ2n) is 5.91. The number of nitrogens with one attached hydrogen (secondary N) is 1. The molecule has 0 heterocycles. The first kappa shape index (κ1) is 18.8. The highest BCUT2D eigenvalue weighted by atomic mass is 35.5. The minimum atomic E-state index is -0.337. The van der Waals surface area contributed by atoms with Crippen LogP contribution in [0, 0.1) is 5.82 Å². The third-order valence-electron chi connectivity index (χ3n) is 3.84. The molecule has 0 saturated carbocycles. The highest BCUT2D eigenvalue weighted by Crippen LogP contribution is 2.20. The molecule has 0 amide bonds. The van der Waals surface area contributed by atoms with Gasteiger partial charge in [0.2, 0.25) is 0 Å². The molecule has 0 aliphatic carbocycles. The lowest BCUT2D eigenvalue weighted by Gasteiger charge is -2.10. The van der Waals surface area contributed by atoms with Gasteiger partial charge in [-0.1, -0.05) is 56.0 Å². The number of rotatable bonds is 10. The Balaban J connectivity index is 1.79. The Bertz CT molecular complexity index is 633. The summed E-state index contributed by atoms with van der Waals surface area (Å²) in [6.07, 6.45) is 5.06. The molecular formula is C20H25ClFNO. The van der Waals surface area contributed by atoms with Crippen molar-refractivity contribution in [3.63, 3.8) is 0 Å². The van der Waals surface area contributed by atoms with Gasteiger partial charge in [0, 0.05) is 12.1 Å². The number of halogens is 2. The molecule has 2 nitrogen and oxygen atoms in total. The fraction of sp³-hybridized carbons (Fsp3) is 0.400. The molecule has 0 spiro atoms. The smallest absolute Gasteiger partial charge is 0.124 e. The first-order valence-electron chi connectivity index (χ1n) is 8.55. The minimum absolute atomic E-state index is 0.326. The summed E-state index contributed by atoms with van der Waals surface area (Å²) in [5.41, 5.74) is 1.96. The van der Waals surface area contributed by atoms with Crippen LogP contribution in [0.4, 0.5) is 4.39 Å². The summed E-state index contributed by atoms with van der Waals surface area (Å²) in [4.78, 5) is 0. The molecular weight excluding hydrogens is 325 g/mol. The lowest BCUT2D eigenvalue weighted by molar-refractivity contribution is 0.306. The molecule has 0 atom stereocenters. The van der Waals surface area contributed by atoms with Crippen LogP contribution < -0.4 is 10.1 Å². The van der Waals surface area contributed by atoms with Crippen LogP contribution in [-0.4, -0.2) is 6.54 Å². The van der Waals surface area contributed by atoms with Crippen molar-refractivity contribution in [1.29, 1.82) is 0 Å². The van der Waals surface area contributed by atoms with E-state index in [1.807, 2.05) is 18.2 Å². The molecule has 130 valence electrons. The van der Waals surface area contributed by atoms with Gasteiger partial charge in [0.05, 0.1) is 5.02 Å². The van der Waals surface area contributed by atoms with E-state index < -0.39 is 0 Å². The molecule has 24 heavy (non-hydrogen) atoms. The quantitative estimate of drug-likeness (QED) is 0.553. The molecule has 2 rings (SSSR count).